The Morgan fingerprint density at radius 3 is 2.50 bits per heavy atom. The third kappa shape index (κ3) is 4.81. The number of para-hydroxylation sites is 1. The lowest BCUT2D eigenvalue weighted by Crippen LogP contribution is -2.09. The molecule has 5 nitrogen and oxygen atoms in total. The molecule has 0 aliphatic carbocycles. The zero-order valence-corrected chi connectivity index (χ0v) is 19.3. The minimum Gasteiger partial charge on any atom is -0.492 e. The van der Waals surface area contributed by atoms with Crippen LogP contribution >= 0.6 is 11.8 Å². The lowest BCUT2D eigenvalue weighted by Gasteiger charge is -2.12. The van der Waals surface area contributed by atoms with Gasteiger partial charge in [0.1, 0.15) is 12.4 Å². The Labute approximate surface area is 192 Å². The highest BCUT2D eigenvalue weighted by Crippen LogP contribution is 2.29. The Kier molecular flexibility index (Phi) is 6.81. The maximum absolute atomic E-state index is 12.1. The molecule has 1 aromatic heterocycles. The van der Waals surface area contributed by atoms with Crippen LogP contribution in [-0.4, -0.2) is 29.2 Å². The molecular formula is C26H26N2O3S. The van der Waals surface area contributed by atoms with Crippen LogP contribution in [0.3, 0.4) is 0 Å². The van der Waals surface area contributed by atoms with Crippen LogP contribution in [0, 0.1) is 13.8 Å². The molecule has 0 bridgehead atoms. The SMILES string of the molecule is COC(=O)c1ccccc1CSc1nc2cc(C)c(C)cc2n1CCOc1ccccc1. The van der Waals surface area contributed by atoms with E-state index in [-0.39, 0.29) is 5.97 Å². The van der Waals surface area contributed by atoms with E-state index in [9.17, 15) is 4.79 Å². The van der Waals surface area contributed by atoms with Crippen LogP contribution in [0.2, 0.25) is 0 Å². The molecule has 0 amide bonds. The molecule has 0 fully saturated rings. The number of ether oxygens (including phenoxy) is 2. The normalized spacial score (nSPS) is 11.0. The maximum Gasteiger partial charge on any atom is 0.338 e. The summed E-state index contributed by atoms with van der Waals surface area (Å²) < 4.78 is 13.1. The van der Waals surface area contributed by atoms with Crippen molar-refractivity contribution in [1.29, 1.82) is 0 Å². The molecule has 0 saturated carbocycles. The summed E-state index contributed by atoms with van der Waals surface area (Å²) in [6.45, 7) is 5.43. The minimum atomic E-state index is -0.322. The maximum atomic E-state index is 12.1. The summed E-state index contributed by atoms with van der Waals surface area (Å²) in [5.74, 6) is 1.15. The zero-order valence-electron chi connectivity index (χ0n) is 18.5. The number of hydrogen-bond donors (Lipinski definition) is 0. The molecule has 0 spiro atoms. The molecule has 0 aliphatic heterocycles. The van der Waals surface area contributed by atoms with Gasteiger partial charge in [-0.1, -0.05) is 48.2 Å². The number of methoxy groups -OCH3 is 1. The Morgan fingerprint density at radius 2 is 1.72 bits per heavy atom. The molecule has 164 valence electrons. The van der Waals surface area contributed by atoms with Gasteiger partial charge >= 0.3 is 5.97 Å². The first-order chi connectivity index (χ1) is 15.6. The Morgan fingerprint density at radius 1 is 1.00 bits per heavy atom. The fourth-order valence-electron chi connectivity index (χ4n) is 3.55. The predicted molar refractivity (Wildman–Crippen MR) is 128 cm³/mol. The van der Waals surface area contributed by atoms with Gasteiger partial charge in [-0.2, -0.15) is 0 Å². The lowest BCUT2D eigenvalue weighted by molar-refractivity contribution is 0.0600. The van der Waals surface area contributed by atoms with Gasteiger partial charge in [0, 0.05) is 5.75 Å². The van der Waals surface area contributed by atoms with Crippen LogP contribution in [0.4, 0.5) is 0 Å². The smallest absolute Gasteiger partial charge is 0.338 e. The summed E-state index contributed by atoms with van der Waals surface area (Å²) in [6.07, 6.45) is 0. The third-order valence-electron chi connectivity index (χ3n) is 5.43. The van der Waals surface area contributed by atoms with Crippen LogP contribution in [0.25, 0.3) is 11.0 Å². The number of imidazole rings is 1. The second kappa shape index (κ2) is 9.92. The fraction of sp³-hybridized carbons (Fsp3) is 0.231. The van der Waals surface area contributed by atoms with E-state index in [0.717, 1.165) is 27.5 Å². The van der Waals surface area contributed by atoms with Gasteiger partial charge in [0.15, 0.2) is 5.16 Å². The topological polar surface area (TPSA) is 53.3 Å². The lowest BCUT2D eigenvalue weighted by atomic mass is 10.1. The molecule has 0 unspecified atom stereocenters. The number of hydrogen-bond acceptors (Lipinski definition) is 5. The standard InChI is InChI=1S/C26H26N2O3S/c1-18-15-23-24(16-19(18)2)28(13-14-31-21-10-5-4-6-11-21)26(27-23)32-17-20-9-7-8-12-22(20)25(29)30-3/h4-12,15-16H,13-14,17H2,1-3H3. The number of aromatic nitrogens is 2. The van der Waals surface area contributed by atoms with Crippen LogP contribution in [0.5, 0.6) is 5.75 Å². The highest BCUT2D eigenvalue weighted by molar-refractivity contribution is 7.98. The molecular weight excluding hydrogens is 420 g/mol. The average Bonchev–Trinajstić information content (AvgIpc) is 3.14. The Bertz CT molecular complexity index is 1230. The molecule has 3 aromatic carbocycles. The molecule has 1 heterocycles. The van der Waals surface area contributed by atoms with E-state index in [2.05, 4.69) is 30.5 Å². The quantitative estimate of drug-likeness (QED) is 0.252. The van der Waals surface area contributed by atoms with E-state index >= 15 is 0 Å². The number of thioether (sulfide) groups is 1. The first-order valence-electron chi connectivity index (χ1n) is 10.5. The van der Waals surface area contributed by atoms with Crippen molar-refractivity contribution in [3.8, 4) is 5.75 Å². The number of benzene rings is 3. The summed E-state index contributed by atoms with van der Waals surface area (Å²) in [5.41, 5.74) is 6.02. The van der Waals surface area contributed by atoms with Gasteiger partial charge in [0.2, 0.25) is 0 Å². The summed E-state index contributed by atoms with van der Waals surface area (Å²) in [4.78, 5) is 17.0. The van der Waals surface area contributed by atoms with Crippen molar-refractivity contribution in [2.24, 2.45) is 0 Å². The summed E-state index contributed by atoms with van der Waals surface area (Å²) >= 11 is 1.61. The van der Waals surface area contributed by atoms with E-state index in [1.54, 1.807) is 17.8 Å². The highest BCUT2D eigenvalue weighted by atomic mass is 32.2. The van der Waals surface area contributed by atoms with Crippen molar-refractivity contribution in [1.82, 2.24) is 9.55 Å². The number of carbonyl (C=O) groups is 1. The van der Waals surface area contributed by atoms with E-state index in [0.29, 0.717) is 24.5 Å². The van der Waals surface area contributed by atoms with Gasteiger partial charge in [0.05, 0.1) is 30.3 Å². The monoisotopic (exact) mass is 446 g/mol. The van der Waals surface area contributed by atoms with Crippen molar-refractivity contribution >= 4 is 28.8 Å². The molecule has 0 N–H and O–H groups in total. The van der Waals surface area contributed by atoms with Crippen LogP contribution in [0.15, 0.2) is 71.9 Å². The number of aryl methyl sites for hydroxylation is 2. The second-order valence-corrected chi connectivity index (χ2v) is 8.51. The van der Waals surface area contributed by atoms with Crippen molar-refractivity contribution < 1.29 is 14.3 Å². The molecule has 4 rings (SSSR count). The number of rotatable bonds is 8. The highest BCUT2D eigenvalue weighted by Gasteiger charge is 2.16. The average molecular weight is 447 g/mol. The molecule has 0 aliphatic rings. The van der Waals surface area contributed by atoms with E-state index in [1.165, 1.54) is 18.2 Å². The third-order valence-corrected chi connectivity index (χ3v) is 6.46. The number of esters is 1. The molecule has 4 aromatic rings. The fourth-order valence-corrected chi connectivity index (χ4v) is 4.60. The predicted octanol–water partition coefficient (Wildman–Crippen LogP) is 5.81. The molecule has 32 heavy (non-hydrogen) atoms. The van der Waals surface area contributed by atoms with Crippen molar-refractivity contribution in [3.05, 3.63) is 89.0 Å². The van der Waals surface area contributed by atoms with E-state index in [1.807, 2.05) is 48.5 Å². The number of fused-ring (bicyclic) bond motifs is 1. The van der Waals surface area contributed by atoms with Gasteiger partial charge in [-0.3, -0.25) is 0 Å². The molecule has 0 atom stereocenters. The van der Waals surface area contributed by atoms with E-state index in [4.69, 9.17) is 14.5 Å². The van der Waals surface area contributed by atoms with Crippen LogP contribution in [0.1, 0.15) is 27.0 Å². The van der Waals surface area contributed by atoms with Gasteiger partial charge in [-0.25, -0.2) is 9.78 Å². The second-order valence-electron chi connectivity index (χ2n) is 7.57. The summed E-state index contributed by atoms with van der Waals surface area (Å²) in [7, 11) is 1.41. The summed E-state index contributed by atoms with van der Waals surface area (Å²) in [6, 6.07) is 21.7. The van der Waals surface area contributed by atoms with Crippen LogP contribution in [-0.2, 0) is 17.0 Å². The number of carbonyl (C=O) groups excluding carboxylic acids is 1. The van der Waals surface area contributed by atoms with E-state index < -0.39 is 0 Å². The Hall–Kier alpha value is -3.25. The van der Waals surface area contributed by atoms with Gasteiger partial charge < -0.3 is 14.0 Å². The zero-order chi connectivity index (χ0) is 22.5. The van der Waals surface area contributed by atoms with Crippen molar-refractivity contribution in [2.45, 2.75) is 31.3 Å². The van der Waals surface area contributed by atoms with Crippen molar-refractivity contribution in [3.63, 3.8) is 0 Å². The first kappa shape index (κ1) is 22.0. The summed E-state index contributed by atoms with van der Waals surface area (Å²) in [5, 5.41) is 0.904. The first-order valence-corrected chi connectivity index (χ1v) is 11.5. The molecule has 0 saturated heterocycles. The van der Waals surface area contributed by atoms with Gasteiger partial charge in [-0.05, 0) is 60.9 Å². The largest absolute Gasteiger partial charge is 0.492 e. The molecule has 0 radical (unpaired) electrons. The van der Waals surface area contributed by atoms with Crippen molar-refractivity contribution in [2.75, 3.05) is 13.7 Å². The Balaban J connectivity index is 1.60. The molecule has 6 heteroatoms. The minimum absolute atomic E-state index is 0.322. The van der Waals surface area contributed by atoms with Gasteiger partial charge in [-0.15, -0.1) is 0 Å². The van der Waals surface area contributed by atoms with Gasteiger partial charge in [0.25, 0.3) is 0 Å². The van der Waals surface area contributed by atoms with Crippen LogP contribution < -0.4 is 4.74 Å². The number of nitrogens with zero attached hydrogens (tertiary/aromatic N) is 2.